The monoisotopic (exact) mass is 242 g/mol. The smallest absolute Gasteiger partial charge is 0.253 e. The van der Waals surface area contributed by atoms with E-state index in [4.69, 9.17) is 0 Å². The van der Waals surface area contributed by atoms with E-state index >= 15 is 0 Å². The molecule has 1 aliphatic rings. The summed E-state index contributed by atoms with van der Waals surface area (Å²) in [5.41, 5.74) is 1.79. The quantitative estimate of drug-likeness (QED) is 0.855. The summed E-state index contributed by atoms with van der Waals surface area (Å²) in [7, 11) is 0. The van der Waals surface area contributed by atoms with Crippen molar-refractivity contribution >= 4 is 5.91 Å². The molecule has 92 valence electrons. The molecule has 18 heavy (non-hydrogen) atoms. The summed E-state index contributed by atoms with van der Waals surface area (Å²) in [5, 5.41) is 7.27. The van der Waals surface area contributed by atoms with Crippen molar-refractivity contribution in [3.63, 3.8) is 0 Å². The predicted octanol–water partition coefficient (Wildman–Crippen LogP) is 1.02. The van der Waals surface area contributed by atoms with Crippen molar-refractivity contribution in [2.45, 2.75) is 25.4 Å². The number of nitrogens with zero attached hydrogens (tertiary/aromatic N) is 3. The van der Waals surface area contributed by atoms with Gasteiger partial charge in [-0.15, -0.1) is 0 Å². The van der Waals surface area contributed by atoms with E-state index in [1.54, 1.807) is 30.7 Å². The molecule has 2 aromatic heterocycles. The van der Waals surface area contributed by atoms with Gasteiger partial charge >= 0.3 is 0 Å². The lowest BCUT2D eigenvalue weighted by Gasteiger charge is -2.24. The van der Waals surface area contributed by atoms with Gasteiger partial charge < -0.3 is 5.32 Å². The van der Waals surface area contributed by atoms with Gasteiger partial charge in [0.05, 0.1) is 5.56 Å². The zero-order chi connectivity index (χ0) is 12.4. The standard InChI is InChI=1S/C13H14N4O/c18-13(10-2-1-5-14-9-10)16-11-4-7-17-12(8-11)3-6-15-17/h1-3,5-6,9,11H,4,7-8H2,(H,16,18)/t11-/m1/s1. The van der Waals surface area contributed by atoms with Crippen molar-refractivity contribution in [2.75, 3.05) is 0 Å². The van der Waals surface area contributed by atoms with E-state index in [0.717, 1.165) is 19.4 Å². The second-order valence-corrected chi connectivity index (χ2v) is 4.45. The van der Waals surface area contributed by atoms with E-state index in [2.05, 4.69) is 15.4 Å². The van der Waals surface area contributed by atoms with Crippen molar-refractivity contribution in [3.8, 4) is 0 Å². The fourth-order valence-corrected chi connectivity index (χ4v) is 2.26. The summed E-state index contributed by atoms with van der Waals surface area (Å²) >= 11 is 0. The largest absolute Gasteiger partial charge is 0.349 e. The van der Waals surface area contributed by atoms with Gasteiger partial charge in [-0.3, -0.25) is 14.5 Å². The fraction of sp³-hybridized carbons (Fsp3) is 0.308. The van der Waals surface area contributed by atoms with Gasteiger partial charge in [-0.2, -0.15) is 5.10 Å². The Morgan fingerprint density at radius 2 is 2.33 bits per heavy atom. The van der Waals surface area contributed by atoms with E-state index in [1.165, 1.54) is 5.69 Å². The Labute approximate surface area is 105 Å². The molecular weight excluding hydrogens is 228 g/mol. The van der Waals surface area contributed by atoms with Crippen LogP contribution in [0, 0.1) is 0 Å². The van der Waals surface area contributed by atoms with Crippen molar-refractivity contribution in [1.29, 1.82) is 0 Å². The van der Waals surface area contributed by atoms with Gasteiger partial charge in [-0.1, -0.05) is 0 Å². The maximum Gasteiger partial charge on any atom is 0.253 e. The minimum Gasteiger partial charge on any atom is -0.349 e. The first-order valence-corrected chi connectivity index (χ1v) is 6.04. The molecule has 1 atom stereocenters. The van der Waals surface area contributed by atoms with E-state index in [-0.39, 0.29) is 11.9 Å². The maximum absolute atomic E-state index is 12.0. The molecule has 0 aliphatic carbocycles. The molecule has 5 nitrogen and oxygen atoms in total. The Bertz CT molecular complexity index is 549. The number of pyridine rings is 1. The number of rotatable bonds is 2. The number of amides is 1. The molecule has 5 heteroatoms. The van der Waals surface area contributed by atoms with Crippen LogP contribution < -0.4 is 5.32 Å². The topological polar surface area (TPSA) is 59.8 Å². The number of hydrogen-bond donors (Lipinski definition) is 1. The van der Waals surface area contributed by atoms with Crippen molar-refractivity contribution in [2.24, 2.45) is 0 Å². The Hall–Kier alpha value is -2.17. The molecule has 0 saturated carbocycles. The lowest BCUT2D eigenvalue weighted by Crippen LogP contribution is -2.40. The zero-order valence-corrected chi connectivity index (χ0v) is 9.91. The van der Waals surface area contributed by atoms with Crippen LogP contribution in [-0.2, 0) is 13.0 Å². The SMILES string of the molecule is O=C(N[C@@H]1CCn2nccc2C1)c1cccnc1. The van der Waals surface area contributed by atoms with Crippen LogP contribution in [0.3, 0.4) is 0 Å². The number of fused-ring (bicyclic) bond motifs is 1. The normalized spacial score (nSPS) is 18.1. The highest BCUT2D eigenvalue weighted by Gasteiger charge is 2.20. The van der Waals surface area contributed by atoms with Gasteiger partial charge in [0.1, 0.15) is 0 Å². The third-order valence-corrected chi connectivity index (χ3v) is 3.21. The number of aryl methyl sites for hydroxylation is 1. The first-order valence-electron chi connectivity index (χ1n) is 6.04. The molecule has 2 aromatic rings. The summed E-state index contributed by atoms with van der Waals surface area (Å²) in [6.45, 7) is 0.861. The third-order valence-electron chi connectivity index (χ3n) is 3.21. The minimum atomic E-state index is -0.0546. The molecular formula is C13H14N4O. The van der Waals surface area contributed by atoms with E-state index in [0.29, 0.717) is 5.56 Å². The molecule has 0 aromatic carbocycles. The number of carbonyl (C=O) groups is 1. The summed E-state index contributed by atoms with van der Waals surface area (Å²) in [6, 6.07) is 5.73. The highest BCUT2D eigenvalue weighted by atomic mass is 16.1. The number of hydrogen-bond acceptors (Lipinski definition) is 3. The summed E-state index contributed by atoms with van der Waals surface area (Å²) in [5.74, 6) is -0.0546. The van der Waals surface area contributed by atoms with Crippen LogP contribution in [0.15, 0.2) is 36.8 Å². The van der Waals surface area contributed by atoms with Crippen LogP contribution in [0.2, 0.25) is 0 Å². The molecule has 0 radical (unpaired) electrons. The van der Waals surface area contributed by atoms with E-state index in [9.17, 15) is 4.79 Å². The highest BCUT2D eigenvalue weighted by Crippen LogP contribution is 2.14. The van der Waals surface area contributed by atoms with Gasteiger partial charge in [-0.25, -0.2) is 0 Å². The predicted molar refractivity (Wildman–Crippen MR) is 66.0 cm³/mol. The van der Waals surface area contributed by atoms with Crippen LogP contribution >= 0.6 is 0 Å². The lowest BCUT2D eigenvalue weighted by atomic mass is 10.0. The van der Waals surface area contributed by atoms with Crippen LogP contribution in [0.1, 0.15) is 22.5 Å². The van der Waals surface area contributed by atoms with Gasteiger partial charge in [0.25, 0.3) is 5.91 Å². The van der Waals surface area contributed by atoms with Crippen molar-refractivity contribution < 1.29 is 4.79 Å². The average Bonchev–Trinajstić information content (AvgIpc) is 2.87. The molecule has 3 rings (SSSR count). The Kier molecular flexibility index (Phi) is 2.80. The molecule has 0 fully saturated rings. The second kappa shape index (κ2) is 4.60. The van der Waals surface area contributed by atoms with Crippen molar-refractivity contribution in [3.05, 3.63) is 48.0 Å². The Morgan fingerprint density at radius 3 is 3.17 bits per heavy atom. The molecule has 0 unspecified atom stereocenters. The molecule has 1 aliphatic heterocycles. The second-order valence-electron chi connectivity index (χ2n) is 4.45. The number of aromatic nitrogens is 3. The van der Waals surface area contributed by atoms with Gasteiger partial charge in [0, 0.05) is 43.3 Å². The summed E-state index contributed by atoms with van der Waals surface area (Å²) in [4.78, 5) is 15.9. The van der Waals surface area contributed by atoms with Crippen LogP contribution in [0.4, 0.5) is 0 Å². The highest BCUT2D eigenvalue weighted by molar-refractivity contribution is 5.94. The average molecular weight is 242 g/mol. The fourth-order valence-electron chi connectivity index (χ4n) is 2.26. The number of carbonyl (C=O) groups excluding carboxylic acids is 1. The lowest BCUT2D eigenvalue weighted by molar-refractivity contribution is 0.0930. The molecule has 3 heterocycles. The molecule has 0 spiro atoms. The van der Waals surface area contributed by atoms with Gasteiger partial charge in [-0.05, 0) is 24.6 Å². The molecule has 0 saturated heterocycles. The number of nitrogens with one attached hydrogen (secondary N) is 1. The molecule has 0 bridgehead atoms. The van der Waals surface area contributed by atoms with Crippen LogP contribution in [0.25, 0.3) is 0 Å². The van der Waals surface area contributed by atoms with E-state index in [1.807, 2.05) is 10.7 Å². The minimum absolute atomic E-state index is 0.0546. The third kappa shape index (κ3) is 2.11. The zero-order valence-electron chi connectivity index (χ0n) is 9.91. The maximum atomic E-state index is 12.0. The summed E-state index contributed by atoms with van der Waals surface area (Å²) in [6.07, 6.45) is 6.81. The van der Waals surface area contributed by atoms with Crippen molar-refractivity contribution in [1.82, 2.24) is 20.1 Å². The molecule has 1 amide bonds. The van der Waals surface area contributed by atoms with Crippen LogP contribution in [-0.4, -0.2) is 26.7 Å². The summed E-state index contributed by atoms with van der Waals surface area (Å²) < 4.78 is 1.99. The Balaban J connectivity index is 1.67. The van der Waals surface area contributed by atoms with Crippen LogP contribution in [0.5, 0.6) is 0 Å². The van der Waals surface area contributed by atoms with E-state index < -0.39 is 0 Å². The van der Waals surface area contributed by atoms with Gasteiger partial charge in [0.15, 0.2) is 0 Å². The first kappa shape index (κ1) is 11.0. The van der Waals surface area contributed by atoms with Gasteiger partial charge in [0.2, 0.25) is 0 Å². The Morgan fingerprint density at radius 1 is 1.39 bits per heavy atom. The first-order chi connectivity index (χ1) is 8.83. The molecule has 1 N–H and O–H groups in total.